The van der Waals surface area contributed by atoms with Crippen LogP contribution in [0.25, 0.3) is 0 Å². The Kier molecular flexibility index (Phi) is 7.65. The quantitative estimate of drug-likeness (QED) is 0.525. The van der Waals surface area contributed by atoms with Crippen molar-refractivity contribution in [3.8, 4) is 5.75 Å². The predicted molar refractivity (Wildman–Crippen MR) is 138 cm³/mol. The minimum atomic E-state index is -4.38. The van der Waals surface area contributed by atoms with Crippen LogP contribution in [-0.2, 0) is 11.0 Å². The van der Waals surface area contributed by atoms with E-state index in [0.717, 1.165) is 75.9 Å². The first-order valence-corrected chi connectivity index (χ1v) is 13.4. The smallest absolute Gasteiger partial charge is 0.416 e. The van der Waals surface area contributed by atoms with E-state index in [1.165, 1.54) is 12.1 Å². The largest absolute Gasteiger partial charge is 0.497 e. The van der Waals surface area contributed by atoms with Gasteiger partial charge < -0.3 is 14.5 Å². The van der Waals surface area contributed by atoms with Crippen molar-refractivity contribution >= 4 is 11.6 Å². The summed E-state index contributed by atoms with van der Waals surface area (Å²) in [5.41, 5.74) is 1.21. The number of carbonyl (C=O) groups excluding carboxylic acids is 1. The molecule has 37 heavy (non-hydrogen) atoms. The Morgan fingerprint density at radius 1 is 0.973 bits per heavy atom. The highest BCUT2D eigenvalue weighted by molar-refractivity contribution is 5.79. The molecule has 2 aromatic carbocycles. The predicted octanol–water partition coefficient (Wildman–Crippen LogP) is 5.27. The van der Waals surface area contributed by atoms with Gasteiger partial charge in [-0.15, -0.1) is 0 Å². The molecular formula is C29H36F3N3O2. The van der Waals surface area contributed by atoms with Crippen LogP contribution in [0.2, 0.25) is 0 Å². The lowest BCUT2D eigenvalue weighted by molar-refractivity contribution is -0.137. The molecule has 0 spiro atoms. The third-order valence-corrected chi connectivity index (χ3v) is 8.38. The van der Waals surface area contributed by atoms with Crippen LogP contribution in [0.4, 0.5) is 18.9 Å². The van der Waals surface area contributed by atoms with Gasteiger partial charge in [-0.05, 0) is 42.5 Å². The highest BCUT2D eigenvalue weighted by atomic mass is 19.4. The topological polar surface area (TPSA) is 36.0 Å². The van der Waals surface area contributed by atoms with E-state index >= 15 is 0 Å². The van der Waals surface area contributed by atoms with Crippen molar-refractivity contribution in [2.45, 2.75) is 37.8 Å². The molecule has 200 valence electrons. The van der Waals surface area contributed by atoms with E-state index in [9.17, 15) is 18.0 Å². The van der Waals surface area contributed by atoms with Gasteiger partial charge in [-0.3, -0.25) is 9.69 Å². The first-order valence-electron chi connectivity index (χ1n) is 13.4. The van der Waals surface area contributed by atoms with Crippen LogP contribution in [0.5, 0.6) is 5.75 Å². The molecule has 0 aromatic heterocycles. The first kappa shape index (κ1) is 25.9. The Hall–Kier alpha value is -2.74. The van der Waals surface area contributed by atoms with Crippen molar-refractivity contribution in [1.29, 1.82) is 0 Å². The number of nitrogens with zero attached hydrogens (tertiary/aromatic N) is 3. The normalized spacial score (nSPS) is 23.6. The zero-order valence-electron chi connectivity index (χ0n) is 21.4. The van der Waals surface area contributed by atoms with Gasteiger partial charge in [-0.25, -0.2) is 0 Å². The minimum Gasteiger partial charge on any atom is -0.497 e. The summed E-state index contributed by atoms with van der Waals surface area (Å²) in [5, 5.41) is 0. The van der Waals surface area contributed by atoms with Gasteiger partial charge in [-0.1, -0.05) is 37.1 Å². The molecule has 0 bridgehead atoms. The second-order valence-corrected chi connectivity index (χ2v) is 10.7. The molecule has 3 fully saturated rings. The molecule has 2 saturated heterocycles. The summed E-state index contributed by atoms with van der Waals surface area (Å²) in [6.07, 6.45) is -0.342. The summed E-state index contributed by atoms with van der Waals surface area (Å²) in [6.45, 7) is 5.40. The fourth-order valence-corrected chi connectivity index (χ4v) is 6.32. The lowest BCUT2D eigenvalue weighted by Crippen LogP contribution is -2.48. The average Bonchev–Trinajstić information content (AvgIpc) is 3.59. The molecule has 0 unspecified atom stereocenters. The van der Waals surface area contributed by atoms with Gasteiger partial charge in [0, 0.05) is 69.4 Å². The number of amides is 1. The van der Waals surface area contributed by atoms with Crippen LogP contribution < -0.4 is 9.64 Å². The molecule has 3 aliphatic rings. The zero-order valence-corrected chi connectivity index (χ0v) is 21.4. The minimum absolute atomic E-state index is 0.0762. The number of carbonyl (C=O) groups is 1. The summed E-state index contributed by atoms with van der Waals surface area (Å²) in [6, 6.07) is 13.8. The first-order chi connectivity index (χ1) is 17.8. The molecule has 5 rings (SSSR count). The molecule has 2 atom stereocenters. The molecule has 2 heterocycles. The summed E-state index contributed by atoms with van der Waals surface area (Å²) in [4.78, 5) is 19.9. The van der Waals surface area contributed by atoms with Gasteiger partial charge in [0.2, 0.25) is 5.91 Å². The molecule has 8 heteroatoms. The Labute approximate surface area is 217 Å². The third-order valence-electron chi connectivity index (χ3n) is 8.38. The summed E-state index contributed by atoms with van der Waals surface area (Å²) in [5.74, 6) is 1.12. The summed E-state index contributed by atoms with van der Waals surface area (Å²) >= 11 is 0. The molecule has 1 aliphatic carbocycles. The van der Waals surface area contributed by atoms with Gasteiger partial charge in [0.1, 0.15) is 5.75 Å². The van der Waals surface area contributed by atoms with Crippen molar-refractivity contribution in [2.75, 3.05) is 57.8 Å². The van der Waals surface area contributed by atoms with Crippen molar-refractivity contribution in [3.63, 3.8) is 0 Å². The van der Waals surface area contributed by atoms with Crippen molar-refractivity contribution in [1.82, 2.24) is 9.80 Å². The number of likely N-dealkylation sites (tertiary alicyclic amines) is 1. The highest BCUT2D eigenvalue weighted by Crippen LogP contribution is 2.39. The van der Waals surface area contributed by atoms with E-state index in [1.54, 1.807) is 13.2 Å². The summed E-state index contributed by atoms with van der Waals surface area (Å²) in [7, 11) is 1.67. The number of benzene rings is 2. The van der Waals surface area contributed by atoms with Gasteiger partial charge >= 0.3 is 6.18 Å². The van der Waals surface area contributed by atoms with Crippen molar-refractivity contribution < 1.29 is 22.7 Å². The van der Waals surface area contributed by atoms with E-state index in [2.05, 4.69) is 15.9 Å². The van der Waals surface area contributed by atoms with Gasteiger partial charge in [0.25, 0.3) is 0 Å². The molecule has 5 nitrogen and oxygen atoms in total. The Balaban J connectivity index is 1.29. The van der Waals surface area contributed by atoms with Gasteiger partial charge in [0.15, 0.2) is 0 Å². The maximum absolute atomic E-state index is 13.5. The SMILES string of the molecule is COc1cccc(N2CCN(C[C@@H]3CN(C(=O)C4CCCC4)C[C@H]3c3cccc(C(F)(F)F)c3)CC2)c1. The van der Waals surface area contributed by atoms with E-state index in [1.807, 2.05) is 23.1 Å². The number of hydrogen-bond acceptors (Lipinski definition) is 4. The maximum Gasteiger partial charge on any atom is 0.416 e. The molecule has 2 aliphatic heterocycles. The molecular weight excluding hydrogens is 479 g/mol. The highest BCUT2D eigenvalue weighted by Gasteiger charge is 2.40. The van der Waals surface area contributed by atoms with Crippen LogP contribution in [0.15, 0.2) is 48.5 Å². The Bertz CT molecular complexity index is 1080. The number of alkyl halides is 3. The van der Waals surface area contributed by atoms with Gasteiger partial charge in [-0.2, -0.15) is 13.2 Å². The second kappa shape index (κ2) is 10.9. The number of rotatable bonds is 6. The lowest BCUT2D eigenvalue weighted by atomic mass is 9.87. The number of ether oxygens (including phenoxy) is 1. The van der Waals surface area contributed by atoms with Crippen LogP contribution in [-0.4, -0.2) is 68.6 Å². The molecule has 1 amide bonds. The monoisotopic (exact) mass is 515 g/mol. The van der Waals surface area contributed by atoms with Gasteiger partial charge in [0.05, 0.1) is 12.7 Å². The van der Waals surface area contributed by atoms with Crippen molar-refractivity contribution in [3.05, 3.63) is 59.7 Å². The van der Waals surface area contributed by atoms with Crippen LogP contribution >= 0.6 is 0 Å². The third kappa shape index (κ3) is 5.89. The number of anilines is 1. The molecule has 1 saturated carbocycles. The Morgan fingerprint density at radius 3 is 2.41 bits per heavy atom. The van der Waals surface area contributed by atoms with E-state index < -0.39 is 11.7 Å². The van der Waals surface area contributed by atoms with Crippen LogP contribution in [0.3, 0.4) is 0 Å². The number of hydrogen-bond donors (Lipinski definition) is 0. The number of halogens is 3. The number of piperazine rings is 1. The fourth-order valence-electron chi connectivity index (χ4n) is 6.32. The van der Waals surface area contributed by atoms with Crippen molar-refractivity contribution in [2.24, 2.45) is 11.8 Å². The Morgan fingerprint density at radius 2 is 1.70 bits per heavy atom. The second-order valence-electron chi connectivity index (χ2n) is 10.7. The van der Waals surface area contributed by atoms with E-state index in [0.29, 0.717) is 18.7 Å². The van der Waals surface area contributed by atoms with E-state index in [4.69, 9.17) is 4.74 Å². The lowest BCUT2D eigenvalue weighted by Gasteiger charge is -2.38. The maximum atomic E-state index is 13.5. The van der Waals surface area contributed by atoms with Crippen LogP contribution in [0.1, 0.15) is 42.7 Å². The number of methoxy groups -OCH3 is 1. The zero-order chi connectivity index (χ0) is 26.0. The van der Waals surface area contributed by atoms with Crippen LogP contribution in [0, 0.1) is 11.8 Å². The molecule has 0 N–H and O–H groups in total. The fraction of sp³-hybridized carbons (Fsp3) is 0.552. The summed E-state index contributed by atoms with van der Waals surface area (Å²) < 4.78 is 45.8. The molecule has 0 radical (unpaired) electrons. The standard InChI is InChI=1S/C29H36F3N3O2/c1-37-26-11-5-10-25(17-26)34-14-12-33(13-15-34)18-23-19-35(28(36)21-6-2-3-7-21)20-27(23)22-8-4-9-24(16-22)29(30,31)32/h4-5,8-11,16-17,21,23,27H,2-3,6-7,12-15,18-20H2,1H3/t23-,27+/m1/s1. The van der Waals surface area contributed by atoms with E-state index in [-0.39, 0.29) is 23.7 Å². The average molecular weight is 516 g/mol. The molecule has 2 aromatic rings.